The van der Waals surface area contributed by atoms with Gasteiger partial charge >= 0.3 is 0 Å². The Kier molecular flexibility index (Phi) is 3.75. The van der Waals surface area contributed by atoms with Gasteiger partial charge in [-0.05, 0) is 31.4 Å². The molecule has 1 aromatic rings. The monoisotopic (exact) mass is 205 g/mol. The molecule has 0 spiro atoms. The molecule has 1 fully saturated rings. The van der Waals surface area contributed by atoms with Crippen molar-refractivity contribution in [3.8, 4) is 0 Å². The lowest BCUT2D eigenvalue weighted by molar-refractivity contribution is 0.118. The van der Waals surface area contributed by atoms with Crippen molar-refractivity contribution in [2.24, 2.45) is 0 Å². The molecule has 1 aliphatic heterocycles. The molecule has 2 heteroatoms. The van der Waals surface area contributed by atoms with E-state index in [1.165, 1.54) is 12.0 Å². The van der Waals surface area contributed by atoms with Gasteiger partial charge in [0, 0.05) is 13.1 Å². The first-order valence-corrected chi connectivity index (χ1v) is 5.79. The Hall–Kier alpha value is -0.860. The molecule has 82 valence electrons. The molecule has 15 heavy (non-hydrogen) atoms. The Morgan fingerprint density at radius 1 is 1.20 bits per heavy atom. The van der Waals surface area contributed by atoms with E-state index in [-0.39, 0.29) is 6.10 Å². The quantitative estimate of drug-likeness (QED) is 0.798. The van der Waals surface area contributed by atoms with Gasteiger partial charge in [0.05, 0.1) is 6.10 Å². The highest BCUT2D eigenvalue weighted by Crippen LogP contribution is 2.13. The molecule has 0 aliphatic carbocycles. The van der Waals surface area contributed by atoms with Crippen LogP contribution >= 0.6 is 0 Å². The molecule has 0 radical (unpaired) electrons. The lowest BCUT2D eigenvalue weighted by Gasteiger charge is -2.21. The number of hydrogen-bond acceptors (Lipinski definition) is 2. The van der Waals surface area contributed by atoms with Crippen LogP contribution in [-0.4, -0.2) is 29.2 Å². The number of benzene rings is 1. The maximum atomic E-state index is 9.70. The molecule has 2 nitrogen and oxygen atoms in total. The van der Waals surface area contributed by atoms with Gasteiger partial charge in [0.2, 0.25) is 0 Å². The van der Waals surface area contributed by atoms with Crippen molar-refractivity contribution in [3.05, 3.63) is 35.9 Å². The second kappa shape index (κ2) is 5.29. The van der Waals surface area contributed by atoms with E-state index < -0.39 is 0 Å². The van der Waals surface area contributed by atoms with Crippen LogP contribution < -0.4 is 0 Å². The summed E-state index contributed by atoms with van der Waals surface area (Å²) in [6.45, 7) is 2.92. The van der Waals surface area contributed by atoms with Crippen molar-refractivity contribution in [3.63, 3.8) is 0 Å². The van der Waals surface area contributed by atoms with Crippen LogP contribution in [-0.2, 0) is 6.54 Å². The lowest BCUT2D eigenvalue weighted by Crippen LogP contribution is -2.30. The SMILES string of the molecule is O[C@H]1CCCCN(Cc2ccccc2)C1. The van der Waals surface area contributed by atoms with Crippen molar-refractivity contribution in [1.82, 2.24) is 4.90 Å². The predicted molar refractivity (Wildman–Crippen MR) is 61.6 cm³/mol. The second-order valence-electron chi connectivity index (χ2n) is 4.37. The minimum atomic E-state index is -0.129. The fourth-order valence-electron chi connectivity index (χ4n) is 2.18. The normalized spacial score (nSPS) is 23.7. The molecule has 2 rings (SSSR count). The zero-order chi connectivity index (χ0) is 10.5. The van der Waals surface area contributed by atoms with Gasteiger partial charge in [-0.3, -0.25) is 4.90 Å². The molecule has 0 unspecified atom stereocenters. The third kappa shape index (κ3) is 3.33. The molecule has 1 aromatic carbocycles. The first-order chi connectivity index (χ1) is 7.34. The number of aliphatic hydroxyl groups excluding tert-OH is 1. The van der Waals surface area contributed by atoms with Gasteiger partial charge in [-0.2, -0.15) is 0 Å². The molecule has 0 aromatic heterocycles. The number of rotatable bonds is 2. The largest absolute Gasteiger partial charge is 0.392 e. The molecule has 0 amide bonds. The maximum absolute atomic E-state index is 9.70. The van der Waals surface area contributed by atoms with Crippen molar-refractivity contribution < 1.29 is 5.11 Å². The van der Waals surface area contributed by atoms with Gasteiger partial charge in [0.1, 0.15) is 0 Å². The Bertz CT molecular complexity index is 286. The molecular weight excluding hydrogens is 186 g/mol. The summed E-state index contributed by atoms with van der Waals surface area (Å²) in [7, 11) is 0. The Labute approximate surface area is 91.5 Å². The topological polar surface area (TPSA) is 23.5 Å². The van der Waals surface area contributed by atoms with Gasteiger partial charge in [-0.25, -0.2) is 0 Å². The number of β-amino-alcohol motifs (C(OH)–C–C–N with tert-alkyl or cyclic N) is 1. The molecule has 0 saturated carbocycles. The van der Waals surface area contributed by atoms with Gasteiger partial charge in [-0.1, -0.05) is 30.3 Å². The van der Waals surface area contributed by atoms with Crippen molar-refractivity contribution >= 4 is 0 Å². The third-order valence-electron chi connectivity index (χ3n) is 2.98. The Balaban J connectivity index is 1.93. The fourth-order valence-corrected chi connectivity index (χ4v) is 2.18. The van der Waals surface area contributed by atoms with Crippen LogP contribution in [0.2, 0.25) is 0 Å². The van der Waals surface area contributed by atoms with E-state index >= 15 is 0 Å². The second-order valence-corrected chi connectivity index (χ2v) is 4.37. The third-order valence-corrected chi connectivity index (χ3v) is 2.98. The highest BCUT2D eigenvalue weighted by molar-refractivity contribution is 5.14. The van der Waals surface area contributed by atoms with E-state index in [1.54, 1.807) is 0 Å². The maximum Gasteiger partial charge on any atom is 0.0667 e. The van der Waals surface area contributed by atoms with Crippen LogP contribution in [0.3, 0.4) is 0 Å². The Morgan fingerprint density at radius 3 is 2.80 bits per heavy atom. The van der Waals surface area contributed by atoms with Gasteiger partial charge in [0.25, 0.3) is 0 Å². The van der Waals surface area contributed by atoms with Gasteiger partial charge in [-0.15, -0.1) is 0 Å². The van der Waals surface area contributed by atoms with E-state index in [1.807, 2.05) is 6.07 Å². The summed E-state index contributed by atoms with van der Waals surface area (Å²) in [4.78, 5) is 2.35. The minimum absolute atomic E-state index is 0.129. The lowest BCUT2D eigenvalue weighted by atomic mass is 10.2. The summed E-state index contributed by atoms with van der Waals surface area (Å²) in [6, 6.07) is 10.5. The average Bonchev–Trinajstić information content (AvgIpc) is 2.44. The summed E-state index contributed by atoms with van der Waals surface area (Å²) in [5, 5.41) is 9.70. The standard InChI is InChI=1S/C13H19NO/c15-13-8-4-5-9-14(11-13)10-12-6-2-1-3-7-12/h1-3,6-7,13,15H,4-5,8-11H2/t13-/m0/s1. The number of likely N-dealkylation sites (tertiary alicyclic amines) is 1. The predicted octanol–water partition coefficient (Wildman–Crippen LogP) is 2.03. The first-order valence-electron chi connectivity index (χ1n) is 5.79. The van der Waals surface area contributed by atoms with Gasteiger partial charge < -0.3 is 5.11 Å². The van der Waals surface area contributed by atoms with Crippen molar-refractivity contribution in [2.45, 2.75) is 31.9 Å². The number of hydrogen-bond donors (Lipinski definition) is 1. The molecule has 0 bridgehead atoms. The van der Waals surface area contributed by atoms with Gasteiger partial charge in [0.15, 0.2) is 0 Å². The molecule has 1 heterocycles. The van der Waals surface area contributed by atoms with Crippen LogP contribution in [0, 0.1) is 0 Å². The van der Waals surface area contributed by atoms with Crippen molar-refractivity contribution in [1.29, 1.82) is 0 Å². The highest BCUT2D eigenvalue weighted by Gasteiger charge is 2.15. The summed E-state index contributed by atoms with van der Waals surface area (Å²) in [6.07, 6.45) is 3.21. The number of aliphatic hydroxyl groups is 1. The van der Waals surface area contributed by atoms with Crippen LogP contribution in [0.1, 0.15) is 24.8 Å². The van der Waals surface area contributed by atoms with E-state index in [0.29, 0.717) is 0 Å². The van der Waals surface area contributed by atoms with Crippen LogP contribution in [0.5, 0.6) is 0 Å². The van der Waals surface area contributed by atoms with E-state index in [4.69, 9.17) is 0 Å². The Morgan fingerprint density at radius 2 is 2.00 bits per heavy atom. The smallest absolute Gasteiger partial charge is 0.0667 e. The van der Waals surface area contributed by atoms with Crippen LogP contribution in [0.15, 0.2) is 30.3 Å². The highest BCUT2D eigenvalue weighted by atomic mass is 16.3. The van der Waals surface area contributed by atoms with E-state index in [2.05, 4.69) is 29.2 Å². The summed E-state index contributed by atoms with van der Waals surface area (Å²) >= 11 is 0. The van der Waals surface area contributed by atoms with E-state index in [9.17, 15) is 5.11 Å². The molecule has 1 saturated heterocycles. The number of nitrogens with zero attached hydrogens (tertiary/aromatic N) is 1. The molecule has 1 aliphatic rings. The molecular formula is C13H19NO. The summed E-state index contributed by atoms with van der Waals surface area (Å²) in [5.74, 6) is 0. The van der Waals surface area contributed by atoms with Crippen LogP contribution in [0.4, 0.5) is 0 Å². The zero-order valence-corrected chi connectivity index (χ0v) is 9.10. The average molecular weight is 205 g/mol. The summed E-state index contributed by atoms with van der Waals surface area (Å²) < 4.78 is 0. The fraction of sp³-hybridized carbons (Fsp3) is 0.538. The summed E-state index contributed by atoms with van der Waals surface area (Å²) in [5.41, 5.74) is 1.34. The minimum Gasteiger partial charge on any atom is -0.392 e. The van der Waals surface area contributed by atoms with Crippen molar-refractivity contribution in [2.75, 3.05) is 13.1 Å². The zero-order valence-electron chi connectivity index (χ0n) is 9.10. The molecule has 1 atom stereocenters. The van der Waals surface area contributed by atoms with Crippen LogP contribution in [0.25, 0.3) is 0 Å². The first kappa shape index (κ1) is 10.7. The van der Waals surface area contributed by atoms with E-state index in [0.717, 1.165) is 32.5 Å². The molecule has 1 N–H and O–H groups in total.